The molecule has 1 aromatic heterocycles. The Morgan fingerprint density at radius 1 is 1.16 bits per heavy atom. The van der Waals surface area contributed by atoms with Gasteiger partial charge >= 0.3 is 0 Å². The third-order valence-corrected chi connectivity index (χ3v) is 5.46. The highest BCUT2D eigenvalue weighted by Crippen LogP contribution is 2.20. The molecule has 0 aliphatic rings. The van der Waals surface area contributed by atoms with E-state index in [1.807, 2.05) is 31.2 Å². The lowest BCUT2D eigenvalue weighted by molar-refractivity contribution is -0.111. The lowest BCUT2D eigenvalue weighted by atomic mass is 10.2. The zero-order valence-electron chi connectivity index (χ0n) is 17.2. The van der Waals surface area contributed by atoms with Crippen LogP contribution in [-0.2, 0) is 14.8 Å². The lowest BCUT2D eigenvalue weighted by Crippen LogP contribution is -2.13. The van der Waals surface area contributed by atoms with Crippen LogP contribution in [0.3, 0.4) is 0 Å². The molecule has 8 nitrogen and oxygen atoms in total. The summed E-state index contributed by atoms with van der Waals surface area (Å²) in [6.07, 6.45) is 3.95. The normalized spacial score (nSPS) is 11.4. The third kappa shape index (κ3) is 6.19. The predicted molar refractivity (Wildman–Crippen MR) is 118 cm³/mol. The molecular formula is C22H23N3O5S. The largest absolute Gasteiger partial charge is 0.493 e. The number of hydrogen-bond donors (Lipinski definition) is 2. The van der Waals surface area contributed by atoms with Crippen LogP contribution in [0.15, 0.2) is 70.1 Å². The number of carbonyl (C=O) groups excluding carboxylic acids is 1. The first-order valence-corrected chi connectivity index (χ1v) is 11.1. The average molecular weight is 442 g/mol. The fourth-order valence-electron chi connectivity index (χ4n) is 2.64. The summed E-state index contributed by atoms with van der Waals surface area (Å²) in [6.45, 7) is 4.28. The molecule has 1 heterocycles. The van der Waals surface area contributed by atoms with Gasteiger partial charge in [0.1, 0.15) is 11.5 Å². The first kappa shape index (κ1) is 22.1. The fraction of sp³-hybridized carbons (Fsp3) is 0.182. The molecule has 3 aromatic rings. The molecule has 0 atom stereocenters. The van der Waals surface area contributed by atoms with Crippen LogP contribution < -0.4 is 14.8 Å². The van der Waals surface area contributed by atoms with Crippen molar-refractivity contribution in [3.8, 4) is 5.75 Å². The molecular weight excluding hydrogens is 418 g/mol. The van der Waals surface area contributed by atoms with Crippen LogP contribution in [0.25, 0.3) is 6.08 Å². The Hall–Kier alpha value is -3.59. The van der Waals surface area contributed by atoms with E-state index in [2.05, 4.69) is 15.2 Å². The van der Waals surface area contributed by atoms with E-state index >= 15 is 0 Å². The third-order valence-electron chi connectivity index (χ3n) is 4.09. The van der Waals surface area contributed by atoms with Crippen LogP contribution in [0, 0.1) is 6.92 Å². The van der Waals surface area contributed by atoms with Crippen molar-refractivity contribution >= 4 is 33.5 Å². The van der Waals surface area contributed by atoms with Gasteiger partial charge in [-0.1, -0.05) is 30.3 Å². The van der Waals surface area contributed by atoms with Gasteiger partial charge in [-0.05, 0) is 49.8 Å². The zero-order valence-corrected chi connectivity index (χ0v) is 18.0. The van der Waals surface area contributed by atoms with Gasteiger partial charge in [-0.3, -0.25) is 9.52 Å². The van der Waals surface area contributed by atoms with Crippen LogP contribution in [0.5, 0.6) is 5.75 Å². The van der Waals surface area contributed by atoms with E-state index in [0.717, 1.165) is 12.0 Å². The molecule has 0 fully saturated rings. The van der Waals surface area contributed by atoms with Gasteiger partial charge in [0.15, 0.2) is 5.82 Å². The number of ether oxygens (including phenoxy) is 1. The Labute approximate surface area is 181 Å². The number of anilines is 2. The smallest absolute Gasteiger partial charge is 0.263 e. The molecule has 9 heteroatoms. The number of sulfonamides is 1. The zero-order chi connectivity index (χ0) is 22.3. The molecule has 0 saturated carbocycles. The topological polar surface area (TPSA) is 111 Å². The highest BCUT2D eigenvalue weighted by atomic mass is 32.2. The van der Waals surface area contributed by atoms with Gasteiger partial charge in [0, 0.05) is 23.4 Å². The molecule has 2 N–H and O–H groups in total. The summed E-state index contributed by atoms with van der Waals surface area (Å²) in [5.41, 5.74) is 1.25. The molecule has 0 aliphatic heterocycles. The lowest BCUT2D eigenvalue weighted by Gasteiger charge is -2.08. The highest BCUT2D eigenvalue weighted by molar-refractivity contribution is 7.92. The second kappa shape index (κ2) is 9.94. The molecule has 2 aromatic carbocycles. The summed E-state index contributed by atoms with van der Waals surface area (Å²) in [5.74, 6) is 0.946. The highest BCUT2D eigenvalue weighted by Gasteiger charge is 2.16. The van der Waals surface area contributed by atoms with Crippen molar-refractivity contribution in [1.82, 2.24) is 5.16 Å². The quantitative estimate of drug-likeness (QED) is 0.481. The molecule has 162 valence electrons. The van der Waals surface area contributed by atoms with Gasteiger partial charge in [-0.25, -0.2) is 8.42 Å². The molecule has 0 bridgehead atoms. The monoisotopic (exact) mass is 441 g/mol. The number of amides is 1. The van der Waals surface area contributed by atoms with Crippen molar-refractivity contribution in [2.45, 2.75) is 25.2 Å². The molecule has 0 radical (unpaired) electrons. The SMILES string of the molecule is CCCOc1ccccc1/C=C/C(=O)Nc1ccc(S(=O)(=O)Nc2cc(C)on2)cc1. The number of rotatable bonds is 9. The van der Waals surface area contributed by atoms with Crippen molar-refractivity contribution in [3.63, 3.8) is 0 Å². The molecule has 1 amide bonds. The van der Waals surface area contributed by atoms with E-state index in [4.69, 9.17) is 9.26 Å². The van der Waals surface area contributed by atoms with Crippen molar-refractivity contribution in [2.24, 2.45) is 0 Å². The van der Waals surface area contributed by atoms with Crippen molar-refractivity contribution in [3.05, 3.63) is 72.0 Å². The standard InChI is InChI=1S/C22H23N3O5S/c1-3-14-29-20-7-5-4-6-17(20)8-13-22(26)23-18-9-11-19(12-10-18)31(27,28)25-21-15-16(2)30-24-21/h4-13,15H,3,14H2,1-2H3,(H,23,26)(H,24,25)/b13-8+. The Morgan fingerprint density at radius 2 is 1.90 bits per heavy atom. The minimum Gasteiger partial charge on any atom is -0.493 e. The van der Waals surface area contributed by atoms with E-state index < -0.39 is 10.0 Å². The number of nitrogens with zero attached hydrogens (tertiary/aromatic N) is 1. The van der Waals surface area contributed by atoms with Gasteiger partial charge in [-0.15, -0.1) is 0 Å². The summed E-state index contributed by atoms with van der Waals surface area (Å²) >= 11 is 0. The Kier molecular flexibility index (Phi) is 7.09. The molecule has 0 saturated heterocycles. The Bertz CT molecular complexity index is 1170. The summed E-state index contributed by atoms with van der Waals surface area (Å²) in [6, 6.07) is 14.7. The number of nitrogens with one attached hydrogen (secondary N) is 2. The van der Waals surface area contributed by atoms with Gasteiger partial charge in [-0.2, -0.15) is 0 Å². The van der Waals surface area contributed by atoms with Gasteiger partial charge < -0.3 is 14.6 Å². The molecule has 0 spiro atoms. The van der Waals surface area contributed by atoms with E-state index in [-0.39, 0.29) is 16.6 Å². The first-order valence-electron chi connectivity index (χ1n) is 9.64. The molecule has 3 rings (SSSR count). The van der Waals surface area contributed by atoms with Crippen LogP contribution in [0.4, 0.5) is 11.5 Å². The first-order chi connectivity index (χ1) is 14.9. The maximum atomic E-state index is 12.4. The minimum atomic E-state index is -3.82. The van der Waals surface area contributed by atoms with Crippen LogP contribution in [-0.4, -0.2) is 26.1 Å². The fourth-order valence-corrected chi connectivity index (χ4v) is 3.62. The van der Waals surface area contributed by atoms with Crippen LogP contribution in [0.1, 0.15) is 24.7 Å². The van der Waals surface area contributed by atoms with Gasteiger partial charge in [0.25, 0.3) is 10.0 Å². The number of para-hydroxylation sites is 1. The maximum absolute atomic E-state index is 12.4. The predicted octanol–water partition coefficient (Wildman–Crippen LogP) is 4.22. The minimum absolute atomic E-state index is 0.0312. The molecule has 0 unspecified atom stereocenters. The number of benzene rings is 2. The number of aryl methyl sites for hydroxylation is 1. The van der Waals surface area contributed by atoms with Gasteiger partial charge in [0.05, 0.1) is 11.5 Å². The van der Waals surface area contributed by atoms with Crippen LogP contribution >= 0.6 is 0 Å². The van der Waals surface area contributed by atoms with Crippen molar-refractivity contribution < 1.29 is 22.5 Å². The van der Waals surface area contributed by atoms with Crippen molar-refractivity contribution in [2.75, 3.05) is 16.6 Å². The van der Waals surface area contributed by atoms with E-state index in [9.17, 15) is 13.2 Å². The van der Waals surface area contributed by atoms with Gasteiger partial charge in [0.2, 0.25) is 5.91 Å². The number of carbonyl (C=O) groups is 1. The van der Waals surface area contributed by atoms with E-state index in [1.165, 1.54) is 36.4 Å². The summed E-state index contributed by atoms with van der Waals surface area (Å²) in [7, 11) is -3.82. The maximum Gasteiger partial charge on any atom is 0.263 e. The summed E-state index contributed by atoms with van der Waals surface area (Å²) in [5, 5.41) is 6.31. The van der Waals surface area contributed by atoms with E-state index in [1.54, 1.807) is 13.0 Å². The molecule has 0 aliphatic carbocycles. The van der Waals surface area contributed by atoms with Crippen LogP contribution in [0.2, 0.25) is 0 Å². The van der Waals surface area contributed by atoms with Crippen molar-refractivity contribution in [1.29, 1.82) is 0 Å². The molecule has 31 heavy (non-hydrogen) atoms. The Balaban J connectivity index is 1.63. The Morgan fingerprint density at radius 3 is 2.58 bits per heavy atom. The summed E-state index contributed by atoms with van der Waals surface area (Å²) < 4.78 is 37.7. The average Bonchev–Trinajstić information content (AvgIpc) is 3.15. The number of aromatic nitrogens is 1. The second-order valence-corrected chi connectivity index (χ2v) is 8.34. The second-order valence-electron chi connectivity index (χ2n) is 6.66. The summed E-state index contributed by atoms with van der Waals surface area (Å²) in [4.78, 5) is 12.3. The van der Waals surface area contributed by atoms with E-state index in [0.29, 0.717) is 23.8 Å². The number of hydrogen-bond acceptors (Lipinski definition) is 6.